The van der Waals surface area contributed by atoms with Crippen molar-refractivity contribution in [3.05, 3.63) is 52.5 Å². The molecule has 0 bridgehead atoms. The first kappa shape index (κ1) is 16.4. The summed E-state index contributed by atoms with van der Waals surface area (Å²) >= 11 is 0. The fourth-order valence-corrected chi connectivity index (χ4v) is 2.25. The molecule has 0 unspecified atom stereocenters. The number of carbonyl (C=O) groups is 3. The SMILES string of the molecule is CC(=O)c1c(C)oc(NC(=O)Cc2ccc(F)cc2)c1C(N)=O. The first-order valence-electron chi connectivity index (χ1n) is 6.78. The number of ketones is 1. The van der Waals surface area contributed by atoms with Crippen LogP contribution in [0.25, 0.3) is 0 Å². The lowest BCUT2D eigenvalue weighted by Gasteiger charge is -2.04. The molecule has 6 nitrogen and oxygen atoms in total. The number of Topliss-reactive ketones (excluding diaryl/α,β-unsaturated/α-hetero) is 1. The van der Waals surface area contributed by atoms with Crippen LogP contribution in [0.2, 0.25) is 0 Å². The van der Waals surface area contributed by atoms with Crippen LogP contribution < -0.4 is 11.1 Å². The molecule has 1 aromatic heterocycles. The van der Waals surface area contributed by atoms with E-state index in [4.69, 9.17) is 10.2 Å². The van der Waals surface area contributed by atoms with Crippen LogP contribution in [0.1, 0.15) is 39.0 Å². The molecule has 0 spiro atoms. The quantitative estimate of drug-likeness (QED) is 0.825. The lowest BCUT2D eigenvalue weighted by molar-refractivity contribution is -0.115. The maximum Gasteiger partial charge on any atom is 0.255 e. The Kier molecular flexibility index (Phi) is 4.59. The van der Waals surface area contributed by atoms with Crippen molar-refractivity contribution in [3.63, 3.8) is 0 Å². The normalized spacial score (nSPS) is 10.4. The zero-order valence-electron chi connectivity index (χ0n) is 12.6. The smallest absolute Gasteiger partial charge is 0.255 e. The minimum absolute atomic E-state index is 0.0480. The Labute approximate surface area is 131 Å². The van der Waals surface area contributed by atoms with Gasteiger partial charge in [-0.15, -0.1) is 0 Å². The Balaban J connectivity index is 2.24. The number of hydrogen-bond acceptors (Lipinski definition) is 4. The lowest BCUT2D eigenvalue weighted by atomic mass is 10.1. The second-order valence-electron chi connectivity index (χ2n) is 5.01. The Morgan fingerprint density at radius 2 is 1.78 bits per heavy atom. The van der Waals surface area contributed by atoms with E-state index in [1.165, 1.54) is 38.1 Å². The highest BCUT2D eigenvalue weighted by Crippen LogP contribution is 2.27. The summed E-state index contributed by atoms with van der Waals surface area (Å²) in [6.45, 7) is 2.77. The number of aryl methyl sites for hydroxylation is 1. The third-order valence-corrected chi connectivity index (χ3v) is 3.21. The molecule has 120 valence electrons. The van der Waals surface area contributed by atoms with Gasteiger partial charge in [0.2, 0.25) is 11.8 Å². The minimum atomic E-state index is -0.871. The van der Waals surface area contributed by atoms with Gasteiger partial charge in [-0.2, -0.15) is 0 Å². The molecular formula is C16H15FN2O4. The van der Waals surface area contributed by atoms with E-state index >= 15 is 0 Å². The fourth-order valence-electron chi connectivity index (χ4n) is 2.25. The van der Waals surface area contributed by atoms with Gasteiger partial charge < -0.3 is 10.2 Å². The molecule has 0 radical (unpaired) electrons. The van der Waals surface area contributed by atoms with Crippen LogP contribution in [0.5, 0.6) is 0 Å². The monoisotopic (exact) mass is 318 g/mol. The minimum Gasteiger partial charge on any atom is -0.444 e. The van der Waals surface area contributed by atoms with E-state index in [9.17, 15) is 18.8 Å². The van der Waals surface area contributed by atoms with E-state index in [1.807, 2.05) is 0 Å². The number of hydrogen-bond donors (Lipinski definition) is 2. The lowest BCUT2D eigenvalue weighted by Crippen LogP contribution is -2.20. The Morgan fingerprint density at radius 1 is 1.17 bits per heavy atom. The fraction of sp³-hybridized carbons (Fsp3) is 0.188. The number of halogens is 1. The van der Waals surface area contributed by atoms with E-state index in [-0.39, 0.29) is 35.0 Å². The van der Waals surface area contributed by atoms with Crippen LogP contribution in [0.3, 0.4) is 0 Å². The average molecular weight is 318 g/mol. The summed E-state index contributed by atoms with van der Waals surface area (Å²) in [6, 6.07) is 5.42. The highest BCUT2D eigenvalue weighted by Gasteiger charge is 2.26. The number of amides is 2. The maximum absolute atomic E-state index is 12.8. The van der Waals surface area contributed by atoms with Crippen molar-refractivity contribution in [1.29, 1.82) is 0 Å². The standard InChI is InChI=1S/C16H15FN2O4/c1-8(20)13-9(2)23-16(14(13)15(18)22)19-12(21)7-10-3-5-11(17)6-4-10/h3-6H,7H2,1-2H3,(H2,18,22)(H,19,21). The van der Waals surface area contributed by atoms with Gasteiger partial charge in [0.15, 0.2) is 5.78 Å². The average Bonchev–Trinajstić information content (AvgIpc) is 2.77. The van der Waals surface area contributed by atoms with Gasteiger partial charge in [-0.1, -0.05) is 12.1 Å². The summed E-state index contributed by atoms with van der Waals surface area (Å²) < 4.78 is 18.1. The van der Waals surface area contributed by atoms with Crippen LogP contribution in [0.4, 0.5) is 10.3 Å². The molecule has 1 aromatic carbocycles. The molecule has 7 heteroatoms. The largest absolute Gasteiger partial charge is 0.444 e. The summed E-state index contributed by atoms with van der Waals surface area (Å²) in [7, 11) is 0. The number of nitrogens with two attached hydrogens (primary N) is 1. The predicted octanol–water partition coefficient (Wildman–Crippen LogP) is 2.21. The van der Waals surface area contributed by atoms with E-state index in [0.717, 1.165) is 0 Å². The van der Waals surface area contributed by atoms with E-state index in [1.54, 1.807) is 0 Å². The zero-order valence-corrected chi connectivity index (χ0v) is 12.6. The van der Waals surface area contributed by atoms with Crippen molar-refractivity contribution in [1.82, 2.24) is 0 Å². The Hall–Kier alpha value is -2.96. The van der Waals surface area contributed by atoms with Crippen LogP contribution >= 0.6 is 0 Å². The van der Waals surface area contributed by atoms with Gasteiger partial charge in [-0.3, -0.25) is 19.7 Å². The molecule has 2 rings (SSSR count). The molecule has 0 fully saturated rings. The number of anilines is 1. The molecule has 0 aliphatic carbocycles. The molecule has 23 heavy (non-hydrogen) atoms. The van der Waals surface area contributed by atoms with Crippen molar-refractivity contribution < 1.29 is 23.2 Å². The van der Waals surface area contributed by atoms with Gasteiger partial charge in [0, 0.05) is 0 Å². The van der Waals surface area contributed by atoms with E-state index < -0.39 is 17.6 Å². The zero-order chi connectivity index (χ0) is 17.1. The summed E-state index contributed by atoms with van der Waals surface area (Å²) in [5.74, 6) is -2.11. The van der Waals surface area contributed by atoms with Crippen LogP contribution in [0, 0.1) is 12.7 Å². The number of primary amides is 1. The van der Waals surface area contributed by atoms with Gasteiger partial charge in [0.05, 0.1) is 12.0 Å². The van der Waals surface area contributed by atoms with Gasteiger partial charge in [0.1, 0.15) is 17.1 Å². The Morgan fingerprint density at radius 3 is 2.30 bits per heavy atom. The molecule has 2 aromatic rings. The second-order valence-corrected chi connectivity index (χ2v) is 5.01. The van der Waals surface area contributed by atoms with E-state index in [0.29, 0.717) is 5.56 Å². The molecule has 0 atom stereocenters. The molecule has 3 N–H and O–H groups in total. The van der Waals surface area contributed by atoms with Crippen LogP contribution in [0.15, 0.2) is 28.7 Å². The number of carbonyl (C=O) groups excluding carboxylic acids is 3. The summed E-state index contributed by atoms with van der Waals surface area (Å²) in [4.78, 5) is 35.2. The van der Waals surface area contributed by atoms with Gasteiger partial charge in [-0.05, 0) is 31.5 Å². The van der Waals surface area contributed by atoms with Crippen molar-refractivity contribution in [2.75, 3.05) is 5.32 Å². The third-order valence-electron chi connectivity index (χ3n) is 3.21. The summed E-state index contributed by atoms with van der Waals surface area (Å²) in [5.41, 5.74) is 5.75. The molecule has 1 heterocycles. The van der Waals surface area contributed by atoms with Crippen molar-refractivity contribution in [3.8, 4) is 0 Å². The number of nitrogens with one attached hydrogen (secondary N) is 1. The number of rotatable bonds is 5. The van der Waals surface area contributed by atoms with Gasteiger partial charge in [0.25, 0.3) is 5.91 Å². The van der Waals surface area contributed by atoms with Crippen LogP contribution in [-0.4, -0.2) is 17.6 Å². The first-order valence-corrected chi connectivity index (χ1v) is 6.78. The highest BCUT2D eigenvalue weighted by atomic mass is 19.1. The molecule has 0 aliphatic rings. The number of benzene rings is 1. The highest BCUT2D eigenvalue weighted by molar-refractivity contribution is 6.12. The van der Waals surface area contributed by atoms with Crippen molar-refractivity contribution >= 4 is 23.5 Å². The predicted molar refractivity (Wildman–Crippen MR) is 80.7 cm³/mol. The molecular weight excluding hydrogens is 303 g/mol. The second kappa shape index (κ2) is 6.43. The van der Waals surface area contributed by atoms with Gasteiger partial charge >= 0.3 is 0 Å². The van der Waals surface area contributed by atoms with Crippen molar-refractivity contribution in [2.45, 2.75) is 20.3 Å². The van der Waals surface area contributed by atoms with Crippen molar-refractivity contribution in [2.24, 2.45) is 5.73 Å². The third kappa shape index (κ3) is 3.63. The first-order chi connectivity index (χ1) is 10.8. The molecule has 0 saturated carbocycles. The Bertz CT molecular complexity index is 778. The number of furan rings is 1. The topological polar surface area (TPSA) is 102 Å². The summed E-state index contributed by atoms with van der Waals surface area (Å²) in [5, 5.41) is 2.42. The van der Waals surface area contributed by atoms with Gasteiger partial charge in [-0.25, -0.2) is 4.39 Å². The maximum atomic E-state index is 12.8. The summed E-state index contributed by atoms with van der Waals surface area (Å²) in [6.07, 6.45) is -0.0480. The molecule has 0 aliphatic heterocycles. The molecule has 0 saturated heterocycles. The molecule has 2 amide bonds. The van der Waals surface area contributed by atoms with Crippen LogP contribution in [-0.2, 0) is 11.2 Å². The van der Waals surface area contributed by atoms with E-state index in [2.05, 4.69) is 5.32 Å².